The molecular weight excluding hydrogens is 543 g/mol. The van der Waals surface area contributed by atoms with Crippen LogP contribution in [-0.2, 0) is 11.4 Å². The molecule has 1 saturated heterocycles. The topological polar surface area (TPSA) is 67.9 Å². The lowest BCUT2D eigenvalue weighted by atomic mass is 10.1. The Kier molecular flexibility index (Phi) is 6.66. The van der Waals surface area contributed by atoms with Gasteiger partial charge in [0, 0.05) is 5.02 Å². The van der Waals surface area contributed by atoms with E-state index in [-0.39, 0.29) is 5.70 Å². The van der Waals surface area contributed by atoms with Crippen molar-refractivity contribution < 1.29 is 19.1 Å². The fourth-order valence-corrected chi connectivity index (χ4v) is 4.21. The van der Waals surface area contributed by atoms with Crippen molar-refractivity contribution in [3.05, 3.63) is 92.1 Å². The Morgan fingerprint density at radius 1 is 1.06 bits per heavy atom. The second-order valence-corrected chi connectivity index (χ2v) is 8.52. The number of ether oxygens (including phenoxy) is 2. The number of nitrogens with zero attached hydrogens (tertiary/aromatic N) is 1. The number of benzene rings is 3. The summed E-state index contributed by atoms with van der Waals surface area (Å²) in [6.45, 7) is 0.400. The highest BCUT2D eigenvalue weighted by atomic mass is 127. The van der Waals surface area contributed by atoms with Crippen LogP contribution in [0.4, 0.5) is 10.5 Å². The largest absolute Gasteiger partial charge is 0.493 e. The van der Waals surface area contributed by atoms with Gasteiger partial charge in [-0.2, -0.15) is 0 Å². The fraction of sp³-hybridized carbons (Fsp3) is 0.0833. The van der Waals surface area contributed by atoms with Crippen LogP contribution < -0.4 is 19.7 Å². The Morgan fingerprint density at radius 2 is 1.84 bits per heavy atom. The van der Waals surface area contributed by atoms with Crippen LogP contribution in [-0.4, -0.2) is 19.0 Å². The predicted molar refractivity (Wildman–Crippen MR) is 132 cm³/mol. The van der Waals surface area contributed by atoms with E-state index in [2.05, 4.69) is 27.9 Å². The van der Waals surface area contributed by atoms with Gasteiger partial charge < -0.3 is 14.8 Å². The molecule has 0 spiro atoms. The monoisotopic (exact) mass is 560 g/mol. The van der Waals surface area contributed by atoms with Crippen LogP contribution in [0.1, 0.15) is 11.1 Å². The van der Waals surface area contributed by atoms with E-state index in [9.17, 15) is 9.59 Å². The number of carbonyl (C=O) groups is 2. The molecule has 0 aliphatic carbocycles. The summed E-state index contributed by atoms with van der Waals surface area (Å²) in [7, 11) is 1.56. The first-order chi connectivity index (χ1) is 15.5. The summed E-state index contributed by atoms with van der Waals surface area (Å²) in [6, 6.07) is 19.5. The quantitative estimate of drug-likeness (QED) is 0.241. The number of imide groups is 1. The maximum absolute atomic E-state index is 12.9. The van der Waals surface area contributed by atoms with Gasteiger partial charge in [0.1, 0.15) is 12.3 Å². The summed E-state index contributed by atoms with van der Waals surface area (Å²) in [4.78, 5) is 26.3. The minimum Gasteiger partial charge on any atom is -0.493 e. The Morgan fingerprint density at radius 3 is 2.56 bits per heavy atom. The molecule has 0 atom stereocenters. The van der Waals surface area contributed by atoms with Crippen molar-refractivity contribution in [2.45, 2.75) is 6.61 Å². The summed E-state index contributed by atoms with van der Waals surface area (Å²) in [5, 5.41) is 3.06. The molecule has 3 amide bonds. The number of hydrogen-bond donors (Lipinski definition) is 1. The van der Waals surface area contributed by atoms with E-state index in [4.69, 9.17) is 21.1 Å². The molecule has 6 nitrogen and oxygen atoms in total. The maximum Gasteiger partial charge on any atom is 0.333 e. The molecule has 1 N–H and O–H groups in total. The highest BCUT2D eigenvalue weighted by Gasteiger charge is 2.35. The predicted octanol–water partition coefficient (Wildman–Crippen LogP) is 5.63. The summed E-state index contributed by atoms with van der Waals surface area (Å²) < 4.78 is 12.3. The minimum atomic E-state index is -0.534. The molecule has 8 heteroatoms. The Balaban J connectivity index is 1.59. The van der Waals surface area contributed by atoms with E-state index in [1.807, 2.05) is 36.4 Å². The number of urea groups is 1. The number of nitrogens with one attached hydrogen (secondary N) is 1. The molecule has 32 heavy (non-hydrogen) atoms. The lowest BCUT2D eigenvalue weighted by molar-refractivity contribution is -0.113. The molecule has 3 aromatic rings. The smallest absolute Gasteiger partial charge is 0.333 e. The normalized spacial score (nSPS) is 14.6. The van der Waals surface area contributed by atoms with Gasteiger partial charge in [0.05, 0.1) is 16.4 Å². The Labute approximate surface area is 203 Å². The van der Waals surface area contributed by atoms with Crippen molar-refractivity contribution in [3.63, 3.8) is 0 Å². The SMILES string of the molecule is COc1cc(/C=C2/NC(=O)N(c3cccc(Cl)c3)C2=O)cc(I)c1OCc1ccccc1. The zero-order valence-electron chi connectivity index (χ0n) is 17.0. The third kappa shape index (κ3) is 4.73. The molecule has 3 aromatic carbocycles. The zero-order chi connectivity index (χ0) is 22.7. The molecule has 1 heterocycles. The summed E-state index contributed by atoms with van der Waals surface area (Å²) in [6.07, 6.45) is 1.61. The van der Waals surface area contributed by atoms with Gasteiger partial charge in [0.2, 0.25) is 0 Å². The van der Waals surface area contributed by atoms with Gasteiger partial charge in [-0.25, -0.2) is 9.69 Å². The number of carbonyl (C=O) groups excluding carboxylic acids is 2. The van der Waals surface area contributed by atoms with E-state index >= 15 is 0 Å². The summed E-state index contributed by atoms with van der Waals surface area (Å²) in [5.41, 5.74) is 2.29. The molecule has 0 bridgehead atoms. The molecule has 0 saturated carbocycles. The minimum absolute atomic E-state index is 0.158. The van der Waals surface area contributed by atoms with Gasteiger partial charge in [-0.05, 0) is 70.1 Å². The van der Waals surface area contributed by atoms with Crippen molar-refractivity contribution >= 4 is 57.9 Å². The molecule has 162 valence electrons. The van der Waals surface area contributed by atoms with E-state index in [0.29, 0.717) is 34.4 Å². The first-order valence-electron chi connectivity index (χ1n) is 9.63. The van der Waals surface area contributed by atoms with E-state index in [1.54, 1.807) is 43.5 Å². The van der Waals surface area contributed by atoms with Gasteiger partial charge in [0.25, 0.3) is 5.91 Å². The van der Waals surface area contributed by atoms with Crippen LogP contribution in [0.2, 0.25) is 5.02 Å². The lowest BCUT2D eigenvalue weighted by Gasteiger charge is -2.14. The van der Waals surface area contributed by atoms with E-state index < -0.39 is 11.9 Å². The number of rotatable bonds is 6. The van der Waals surface area contributed by atoms with Gasteiger partial charge >= 0.3 is 6.03 Å². The van der Waals surface area contributed by atoms with Crippen LogP contribution in [0.15, 0.2) is 72.4 Å². The van der Waals surface area contributed by atoms with Crippen molar-refractivity contribution in [2.24, 2.45) is 0 Å². The summed E-state index contributed by atoms with van der Waals surface area (Å²) in [5.74, 6) is 0.681. The first kappa shape index (κ1) is 22.2. The van der Waals surface area contributed by atoms with Gasteiger partial charge in [-0.15, -0.1) is 0 Å². The fourth-order valence-electron chi connectivity index (χ4n) is 3.24. The van der Waals surface area contributed by atoms with Crippen LogP contribution in [0, 0.1) is 3.57 Å². The number of anilines is 1. The van der Waals surface area contributed by atoms with Gasteiger partial charge in [0.15, 0.2) is 11.5 Å². The molecule has 4 rings (SSSR count). The lowest BCUT2D eigenvalue weighted by Crippen LogP contribution is -2.30. The van der Waals surface area contributed by atoms with E-state index in [1.165, 1.54) is 0 Å². The third-order valence-electron chi connectivity index (χ3n) is 4.73. The average Bonchev–Trinajstić information content (AvgIpc) is 3.06. The average molecular weight is 561 g/mol. The Hall–Kier alpha value is -3.04. The van der Waals surface area contributed by atoms with Gasteiger partial charge in [-0.1, -0.05) is 48.0 Å². The van der Waals surface area contributed by atoms with Crippen LogP contribution in [0.3, 0.4) is 0 Å². The third-order valence-corrected chi connectivity index (χ3v) is 5.77. The van der Waals surface area contributed by atoms with Crippen molar-refractivity contribution in [2.75, 3.05) is 12.0 Å². The van der Waals surface area contributed by atoms with Gasteiger partial charge in [-0.3, -0.25) is 4.79 Å². The number of amides is 3. The molecule has 0 aromatic heterocycles. The van der Waals surface area contributed by atoms with Crippen molar-refractivity contribution in [1.82, 2.24) is 5.32 Å². The summed E-state index contributed by atoms with van der Waals surface area (Å²) >= 11 is 8.16. The highest BCUT2D eigenvalue weighted by molar-refractivity contribution is 14.1. The number of hydrogen-bond acceptors (Lipinski definition) is 4. The second kappa shape index (κ2) is 9.62. The molecule has 0 unspecified atom stereocenters. The maximum atomic E-state index is 12.9. The van der Waals surface area contributed by atoms with Crippen molar-refractivity contribution in [1.29, 1.82) is 0 Å². The molecule has 1 fully saturated rings. The number of methoxy groups -OCH3 is 1. The molecule has 1 aliphatic heterocycles. The van der Waals surface area contributed by atoms with Crippen LogP contribution in [0.25, 0.3) is 6.08 Å². The molecule has 1 aliphatic rings. The van der Waals surface area contributed by atoms with E-state index in [0.717, 1.165) is 14.0 Å². The number of halogens is 2. The van der Waals surface area contributed by atoms with Crippen molar-refractivity contribution in [3.8, 4) is 11.5 Å². The molecule has 0 radical (unpaired) electrons. The molecular formula is C24H18ClIN2O4. The zero-order valence-corrected chi connectivity index (χ0v) is 19.9. The standard InChI is InChI=1S/C24H18ClIN2O4/c1-31-21-12-16(10-19(26)22(21)32-14-15-6-3-2-4-7-15)11-20-23(29)28(24(30)27-20)18-9-5-8-17(25)13-18/h2-13H,14H2,1H3,(H,27,30)/b20-11+. The Bertz CT molecular complexity index is 1210. The van der Waals surface area contributed by atoms with Crippen LogP contribution >= 0.6 is 34.2 Å². The second-order valence-electron chi connectivity index (χ2n) is 6.92. The van der Waals surface area contributed by atoms with Crippen LogP contribution in [0.5, 0.6) is 11.5 Å². The highest BCUT2D eigenvalue weighted by Crippen LogP contribution is 2.35. The first-order valence-corrected chi connectivity index (χ1v) is 11.1.